The highest BCUT2D eigenvalue weighted by Crippen LogP contribution is 2.41. The Morgan fingerprint density at radius 1 is 0.929 bits per heavy atom. The number of hydrogen-bond acceptors (Lipinski definition) is 4. The van der Waals surface area contributed by atoms with Gasteiger partial charge in [-0.1, -0.05) is 60.7 Å². The van der Waals surface area contributed by atoms with Gasteiger partial charge in [-0.15, -0.1) is 0 Å². The first-order chi connectivity index (χ1) is 20.5. The number of aromatic hydroxyl groups is 1. The lowest BCUT2D eigenvalue weighted by Crippen LogP contribution is -2.27. The van der Waals surface area contributed by atoms with E-state index in [4.69, 9.17) is 4.74 Å². The van der Waals surface area contributed by atoms with Crippen LogP contribution in [-0.4, -0.2) is 34.2 Å². The van der Waals surface area contributed by atoms with Crippen molar-refractivity contribution >= 4 is 27.7 Å². The van der Waals surface area contributed by atoms with Crippen LogP contribution >= 0.6 is 0 Å². The van der Waals surface area contributed by atoms with E-state index in [0.29, 0.717) is 35.2 Å². The number of amides is 1. The standard InChI is InChI=1S/C35H31N3O4/c1-38-29-18-9-7-16-27(29)33(39)31(35(38)41)30(23-13-10-14-24(21-23)42-2)32-26(25-15-6-8-17-28(25)37-32)19-20-36-34(40)22-11-4-3-5-12-22/h3-18,21,30,37,39H,19-20H2,1-2H3,(H,36,40). The molecular weight excluding hydrogens is 526 g/mol. The number of carbonyl (C=O) groups excluding carboxylic acids is 1. The first-order valence-corrected chi connectivity index (χ1v) is 13.8. The van der Waals surface area contributed by atoms with Crippen LogP contribution in [0.15, 0.2) is 108 Å². The van der Waals surface area contributed by atoms with Crippen molar-refractivity contribution in [2.45, 2.75) is 12.3 Å². The summed E-state index contributed by atoms with van der Waals surface area (Å²) in [6.45, 7) is 0.384. The highest BCUT2D eigenvalue weighted by Gasteiger charge is 2.30. The number of aryl methyl sites for hydroxylation is 1. The molecule has 2 aromatic heterocycles. The van der Waals surface area contributed by atoms with E-state index in [1.807, 2.05) is 91.0 Å². The summed E-state index contributed by atoms with van der Waals surface area (Å²) >= 11 is 0. The number of ether oxygens (including phenoxy) is 1. The SMILES string of the molecule is COc1cccc(C(c2[nH]c3ccccc3c2CCNC(=O)c2ccccc2)c2c(O)c3ccccc3n(C)c2=O)c1. The number of rotatable bonds is 8. The molecule has 0 spiro atoms. The smallest absolute Gasteiger partial charge is 0.258 e. The van der Waals surface area contributed by atoms with E-state index in [0.717, 1.165) is 27.7 Å². The third-order valence-electron chi connectivity index (χ3n) is 7.86. The fourth-order valence-electron chi connectivity index (χ4n) is 5.79. The van der Waals surface area contributed by atoms with Crippen LogP contribution in [0, 0.1) is 0 Å². The highest BCUT2D eigenvalue weighted by atomic mass is 16.5. The molecule has 6 rings (SSSR count). The van der Waals surface area contributed by atoms with Crippen molar-refractivity contribution < 1.29 is 14.6 Å². The van der Waals surface area contributed by atoms with Gasteiger partial charge in [-0.05, 0) is 60.0 Å². The second-order valence-electron chi connectivity index (χ2n) is 10.3. The number of pyridine rings is 1. The van der Waals surface area contributed by atoms with E-state index in [9.17, 15) is 14.7 Å². The van der Waals surface area contributed by atoms with Crippen molar-refractivity contribution in [3.05, 3.63) is 141 Å². The molecule has 4 aromatic carbocycles. The van der Waals surface area contributed by atoms with Gasteiger partial charge in [0.05, 0.1) is 24.1 Å². The van der Waals surface area contributed by atoms with Crippen LogP contribution in [0.5, 0.6) is 11.5 Å². The van der Waals surface area contributed by atoms with E-state index in [1.54, 1.807) is 30.9 Å². The Kier molecular flexibility index (Phi) is 7.23. The van der Waals surface area contributed by atoms with Crippen LogP contribution in [0.4, 0.5) is 0 Å². The maximum Gasteiger partial charge on any atom is 0.258 e. The molecule has 210 valence electrons. The third kappa shape index (κ3) is 4.79. The van der Waals surface area contributed by atoms with Gasteiger partial charge in [0.15, 0.2) is 0 Å². The molecule has 1 amide bonds. The van der Waals surface area contributed by atoms with Crippen LogP contribution in [-0.2, 0) is 13.5 Å². The van der Waals surface area contributed by atoms with E-state index in [1.165, 1.54) is 0 Å². The number of benzene rings is 4. The molecule has 7 nitrogen and oxygen atoms in total. The Hall–Kier alpha value is -5.30. The number of nitrogens with one attached hydrogen (secondary N) is 2. The Morgan fingerprint density at radius 2 is 1.64 bits per heavy atom. The minimum atomic E-state index is -0.643. The van der Waals surface area contributed by atoms with Crippen molar-refractivity contribution in [2.24, 2.45) is 7.05 Å². The van der Waals surface area contributed by atoms with Gasteiger partial charge in [-0.3, -0.25) is 9.59 Å². The topological polar surface area (TPSA) is 96.3 Å². The molecule has 6 aromatic rings. The van der Waals surface area contributed by atoms with Gasteiger partial charge in [0.2, 0.25) is 0 Å². The third-order valence-corrected chi connectivity index (χ3v) is 7.86. The molecular formula is C35H31N3O4. The van der Waals surface area contributed by atoms with Crippen molar-refractivity contribution in [3.63, 3.8) is 0 Å². The molecule has 2 heterocycles. The number of carbonyl (C=O) groups is 1. The molecule has 0 aliphatic heterocycles. The van der Waals surface area contributed by atoms with Crippen LogP contribution < -0.4 is 15.6 Å². The van der Waals surface area contributed by atoms with Gasteiger partial charge in [0.1, 0.15) is 11.5 Å². The summed E-state index contributed by atoms with van der Waals surface area (Å²) in [5.74, 6) is -0.205. The van der Waals surface area contributed by atoms with Crippen LogP contribution in [0.1, 0.15) is 38.7 Å². The molecule has 3 N–H and O–H groups in total. The predicted molar refractivity (Wildman–Crippen MR) is 166 cm³/mol. The van der Waals surface area contributed by atoms with Crippen molar-refractivity contribution in [1.82, 2.24) is 14.9 Å². The Morgan fingerprint density at radius 3 is 2.43 bits per heavy atom. The van der Waals surface area contributed by atoms with Crippen molar-refractivity contribution in [1.29, 1.82) is 0 Å². The Bertz CT molecular complexity index is 1970. The Labute approximate surface area is 243 Å². The fourth-order valence-corrected chi connectivity index (χ4v) is 5.79. The summed E-state index contributed by atoms with van der Waals surface area (Å²) in [5, 5.41) is 16.3. The van der Waals surface area contributed by atoms with E-state index in [2.05, 4.69) is 10.3 Å². The summed E-state index contributed by atoms with van der Waals surface area (Å²) < 4.78 is 7.13. The van der Waals surface area contributed by atoms with Crippen LogP contribution in [0.3, 0.4) is 0 Å². The van der Waals surface area contributed by atoms with E-state index < -0.39 is 5.92 Å². The lowest BCUT2D eigenvalue weighted by molar-refractivity contribution is 0.0954. The predicted octanol–water partition coefficient (Wildman–Crippen LogP) is 5.89. The van der Waals surface area contributed by atoms with Gasteiger partial charge in [0, 0.05) is 41.1 Å². The molecule has 7 heteroatoms. The number of para-hydroxylation sites is 2. The average molecular weight is 558 g/mol. The van der Waals surface area contributed by atoms with Crippen molar-refractivity contribution in [3.8, 4) is 11.5 Å². The summed E-state index contributed by atoms with van der Waals surface area (Å²) in [4.78, 5) is 30.4. The minimum Gasteiger partial charge on any atom is -0.507 e. The molecule has 0 bridgehead atoms. The lowest BCUT2D eigenvalue weighted by Gasteiger charge is -2.22. The zero-order valence-corrected chi connectivity index (χ0v) is 23.4. The molecule has 1 atom stereocenters. The summed E-state index contributed by atoms with van der Waals surface area (Å²) in [6.07, 6.45) is 0.507. The largest absolute Gasteiger partial charge is 0.507 e. The van der Waals surface area contributed by atoms with E-state index in [-0.39, 0.29) is 22.8 Å². The molecule has 0 saturated carbocycles. The second-order valence-corrected chi connectivity index (χ2v) is 10.3. The van der Waals surface area contributed by atoms with Crippen LogP contribution in [0.2, 0.25) is 0 Å². The number of hydrogen-bond donors (Lipinski definition) is 3. The van der Waals surface area contributed by atoms with E-state index >= 15 is 0 Å². The number of aromatic amines is 1. The number of nitrogens with zero attached hydrogens (tertiary/aromatic N) is 1. The van der Waals surface area contributed by atoms with Gasteiger partial charge >= 0.3 is 0 Å². The van der Waals surface area contributed by atoms with Crippen LogP contribution in [0.25, 0.3) is 21.8 Å². The summed E-state index contributed by atoms with van der Waals surface area (Å²) in [7, 11) is 3.33. The monoisotopic (exact) mass is 557 g/mol. The van der Waals surface area contributed by atoms with Gasteiger partial charge in [0.25, 0.3) is 11.5 Å². The first kappa shape index (κ1) is 26.9. The number of methoxy groups -OCH3 is 1. The average Bonchev–Trinajstić information content (AvgIpc) is 3.40. The molecule has 0 fully saturated rings. The highest BCUT2D eigenvalue weighted by molar-refractivity contribution is 5.94. The summed E-state index contributed by atoms with van der Waals surface area (Å²) in [5.41, 5.74) is 4.65. The zero-order valence-electron chi connectivity index (χ0n) is 23.4. The molecule has 0 aliphatic carbocycles. The maximum atomic E-state index is 14.0. The Balaban J connectivity index is 1.53. The number of fused-ring (bicyclic) bond motifs is 2. The second kappa shape index (κ2) is 11.3. The van der Waals surface area contributed by atoms with Crippen molar-refractivity contribution in [2.75, 3.05) is 13.7 Å². The van der Waals surface area contributed by atoms with Gasteiger partial charge in [-0.25, -0.2) is 0 Å². The maximum absolute atomic E-state index is 14.0. The zero-order chi connectivity index (χ0) is 29.2. The molecule has 0 aliphatic rings. The van der Waals surface area contributed by atoms with Gasteiger partial charge in [-0.2, -0.15) is 0 Å². The quantitative estimate of drug-likeness (QED) is 0.218. The normalized spacial score (nSPS) is 12.0. The molecule has 42 heavy (non-hydrogen) atoms. The molecule has 0 saturated heterocycles. The molecule has 0 radical (unpaired) electrons. The fraction of sp³-hybridized carbons (Fsp3) is 0.143. The lowest BCUT2D eigenvalue weighted by atomic mass is 9.85. The van der Waals surface area contributed by atoms with Gasteiger partial charge < -0.3 is 24.7 Å². The number of aromatic nitrogens is 2. The molecule has 1 unspecified atom stereocenters. The minimum absolute atomic E-state index is 0.0523. The number of H-pyrrole nitrogens is 1. The first-order valence-electron chi connectivity index (χ1n) is 13.8. The summed E-state index contributed by atoms with van der Waals surface area (Å²) in [6, 6.07) is 32.0.